The molecule has 0 aliphatic heterocycles. The summed E-state index contributed by atoms with van der Waals surface area (Å²) in [7, 11) is 0. The van der Waals surface area contributed by atoms with Crippen LogP contribution in [0.2, 0.25) is 10.0 Å². The van der Waals surface area contributed by atoms with Gasteiger partial charge in [-0.2, -0.15) is 9.97 Å². The third-order valence-electron chi connectivity index (χ3n) is 7.08. The summed E-state index contributed by atoms with van der Waals surface area (Å²) < 4.78 is 1.81. The van der Waals surface area contributed by atoms with Gasteiger partial charge in [-0.15, -0.1) is 0 Å². The first-order valence-electron chi connectivity index (χ1n) is 13.5. The predicted molar refractivity (Wildman–Crippen MR) is 158 cm³/mol. The van der Waals surface area contributed by atoms with Crippen molar-refractivity contribution in [3.8, 4) is 5.82 Å². The summed E-state index contributed by atoms with van der Waals surface area (Å²) in [6.07, 6.45) is 15.3. The number of halogens is 2. The van der Waals surface area contributed by atoms with Crippen molar-refractivity contribution in [3.63, 3.8) is 0 Å². The van der Waals surface area contributed by atoms with E-state index >= 15 is 0 Å². The number of carbonyl (C=O) groups excluding carboxylic acids is 1. The number of hydrogen-bond donors (Lipinski definition) is 3. The number of rotatable bonds is 11. The third kappa shape index (κ3) is 7.70. The number of hydrogen-bond acceptors (Lipinski definition) is 7. The topological polar surface area (TPSA) is 110 Å². The highest BCUT2D eigenvalue weighted by atomic mass is 35.5. The molecule has 3 heterocycles. The van der Waals surface area contributed by atoms with Gasteiger partial charge in [0.2, 0.25) is 11.9 Å². The molecule has 0 radical (unpaired) electrons. The highest BCUT2D eigenvalue weighted by Crippen LogP contribution is 2.29. The van der Waals surface area contributed by atoms with Gasteiger partial charge < -0.3 is 16.0 Å². The van der Waals surface area contributed by atoms with E-state index in [1.165, 1.54) is 19.3 Å². The summed E-state index contributed by atoms with van der Waals surface area (Å²) in [5.41, 5.74) is 1.86. The molecule has 1 aromatic carbocycles. The molecule has 40 heavy (non-hydrogen) atoms. The Hall–Kier alpha value is -3.69. The van der Waals surface area contributed by atoms with E-state index in [0.29, 0.717) is 53.1 Å². The number of imidazole rings is 1. The lowest BCUT2D eigenvalue weighted by Gasteiger charge is -2.27. The summed E-state index contributed by atoms with van der Waals surface area (Å²) in [6.45, 7) is 0.837. The smallest absolute Gasteiger partial charge is 0.242 e. The molecule has 5 rings (SSSR count). The predicted octanol–water partition coefficient (Wildman–Crippen LogP) is 6.04. The SMILES string of the molecule is O=C(NCc1ccc(Cl)cc1Cl)[C@@H](CC1CCCCC1)Nc1cc(-n2ccnc2)nc(NCc2ccncc2)n1. The molecule has 9 nitrogen and oxygen atoms in total. The Balaban J connectivity index is 1.36. The monoisotopic (exact) mass is 578 g/mol. The largest absolute Gasteiger partial charge is 0.358 e. The van der Waals surface area contributed by atoms with Crippen LogP contribution in [0.3, 0.4) is 0 Å². The molecule has 1 aliphatic rings. The molecule has 4 aromatic rings. The Labute approximate surface area is 243 Å². The molecule has 11 heteroatoms. The number of benzene rings is 1. The first-order valence-corrected chi connectivity index (χ1v) is 14.3. The standard InChI is InChI=1S/C29H32Cl2N8O/c30-23-7-6-22(24(31)15-23)18-34-28(40)25(14-20-4-2-1-3-5-20)36-26-16-27(39-13-12-33-19-39)38-29(37-26)35-17-21-8-10-32-11-9-21/h6-13,15-16,19-20,25H,1-5,14,17-18H2,(H,34,40)(H2,35,36,37,38)/t25-/m1/s1. The second kappa shape index (κ2) is 13.6. The highest BCUT2D eigenvalue weighted by molar-refractivity contribution is 6.35. The molecule has 3 N–H and O–H groups in total. The van der Waals surface area contributed by atoms with Crippen molar-refractivity contribution >= 4 is 40.9 Å². The fraction of sp³-hybridized carbons (Fsp3) is 0.345. The second-order valence-corrected chi connectivity index (χ2v) is 10.8. The Kier molecular flexibility index (Phi) is 9.46. The number of carbonyl (C=O) groups is 1. The minimum Gasteiger partial charge on any atom is -0.358 e. The minimum atomic E-state index is -0.479. The van der Waals surface area contributed by atoms with Crippen LogP contribution in [-0.2, 0) is 17.9 Å². The maximum absolute atomic E-state index is 13.6. The van der Waals surface area contributed by atoms with Gasteiger partial charge in [-0.25, -0.2) is 4.98 Å². The lowest BCUT2D eigenvalue weighted by atomic mass is 9.84. The van der Waals surface area contributed by atoms with Crippen LogP contribution in [0.1, 0.15) is 49.7 Å². The fourth-order valence-corrected chi connectivity index (χ4v) is 5.41. The van der Waals surface area contributed by atoms with Crippen LogP contribution < -0.4 is 16.0 Å². The van der Waals surface area contributed by atoms with Crippen LogP contribution in [0.15, 0.2) is 67.5 Å². The molecule has 0 unspecified atom stereocenters. The highest BCUT2D eigenvalue weighted by Gasteiger charge is 2.25. The van der Waals surface area contributed by atoms with E-state index < -0.39 is 6.04 Å². The number of nitrogens with zero attached hydrogens (tertiary/aromatic N) is 5. The molecule has 3 aromatic heterocycles. The van der Waals surface area contributed by atoms with Gasteiger partial charge in [-0.1, -0.05) is 61.4 Å². The van der Waals surface area contributed by atoms with E-state index in [4.69, 9.17) is 28.2 Å². The molecule has 0 bridgehead atoms. The van der Waals surface area contributed by atoms with Crippen LogP contribution in [0.25, 0.3) is 5.82 Å². The van der Waals surface area contributed by atoms with Crippen molar-refractivity contribution in [2.45, 2.75) is 57.7 Å². The summed E-state index contributed by atoms with van der Waals surface area (Å²) in [5.74, 6) is 1.99. The molecular weight excluding hydrogens is 547 g/mol. The van der Waals surface area contributed by atoms with Gasteiger partial charge in [0.05, 0.1) is 0 Å². The molecule has 1 amide bonds. The van der Waals surface area contributed by atoms with E-state index in [1.807, 2.05) is 35.0 Å². The summed E-state index contributed by atoms with van der Waals surface area (Å²) in [6, 6.07) is 10.5. The van der Waals surface area contributed by atoms with E-state index in [-0.39, 0.29) is 5.91 Å². The van der Waals surface area contributed by atoms with Crippen molar-refractivity contribution in [2.75, 3.05) is 10.6 Å². The van der Waals surface area contributed by atoms with Crippen molar-refractivity contribution < 1.29 is 4.79 Å². The van der Waals surface area contributed by atoms with Crippen molar-refractivity contribution in [2.24, 2.45) is 5.92 Å². The molecule has 0 saturated heterocycles. The molecule has 1 fully saturated rings. The van der Waals surface area contributed by atoms with Crippen LogP contribution >= 0.6 is 23.2 Å². The second-order valence-electron chi connectivity index (χ2n) is 10.0. The van der Waals surface area contributed by atoms with Crippen LogP contribution in [0, 0.1) is 5.92 Å². The van der Waals surface area contributed by atoms with Crippen molar-refractivity contribution in [1.82, 2.24) is 29.8 Å². The molecule has 1 saturated carbocycles. The lowest BCUT2D eigenvalue weighted by Crippen LogP contribution is -2.41. The van der Waals surface area contributed by atoms with Gasteiger partial charge in [-0.05, 0) is 47.7 Å². The Morgan fingerprint density at radius 3 is 2.55 bits per heavy atom. The van der Waals surface area contributed by atoms with Gasteiger partial charge in [0.1, 0.15) is 24.0 Å². The van der Waals surface area contributed by atoms with E-state index in [9.17, 15) is 4.79 Å². The molecule has 0 spiro atoms. The Morgan fingerprint density at radius 1 is 0.975 bits per heavy atom. The van der Waals surface area contributed by atoms with E-state index in [1.54, 1.807) is 37.1 Å². The maximum Gasteiger partial charge on any atom is 0.242 e. The molecule has 208 valence electrons. The number of amides is 1. The number of nitrogens with one attached hydrogen (secondary N) is 3. The first kappa shape index (κ1) is 27.9. The fourth-order valence-electron chi connectivity index (χ4n) is 4.93. The zero-order valence-electron chi connectivity index (χ0n) is 22.1. The molecule has 1 aliphatic carbocycles. The van der Waals surface area contributed by atoms with Gasteiger partial charge >= 0.3 is 0 Å². The zero-order valence-corrected chi connectivity index (χ0v) is 23.6. The number of pyridine rings is 1. The minimum absolute atomic E-state index is 0.106. The Bertz CT molecular complexity index is 1390. The third-order valence-corrected chi connectivity index (χ3v) is 7.67. The van der Waals surface area contributed by atoms with Gasteiger partial charge in [-0.3, -0.25) is 14.3 Å². The summed E-state index contributed by atoms with van der Waals surface area (Å²) in [5, 5.41) is 10.9. The first-order chi connectivity index (χ1) is 19.5. The van der Waals surface area contributed by atoms with Crippen molar-refractivity contribution in [1.29, 1.82) is 0 Å². The van der Waals surface area contributed by atoms with Crippen LogP contribution in [-0.4, -0.2) is 36.5 Å². The quantitative estimate of drug-likeness (QED) is 0.199. The van der Waals surface area contributed by atoms with E-state index in [0.717, 1.165) is 24.0 Å². The van der Waals surface area contributed by atoms with E-state index in [2.05, 4.69) is 30.9 Å². The van der Waals surface area contributed by atoms with Crippen molar-refractivity contribution in [3.05, 3.63) is 88.7 Å². The molecule has 1 atom stereocenters. The lowest BCUT2D eigenvalue weighted by molar-refractivity contribution is -0.122. The molecular formula is C29H32Cl2N8O. The zero-order chi connectivity index (χ0) is 27.7. The Morgan fingerprint density at radius 2 is 1.80 bits per heavy atom. The summed E-state index contributed by atoms with van der Waals surface area (Å²) in [4.78, 5) is 31.2. The van der Waals surface area contributed by atoms with Gasteiger partial charge in [0, 0.05) is 54.0 Å². The normalized spacial score (nSPS) is 14.4. The summed E-state index contributed by atoms with van der Waals surface area (Å²) >= 11 is 12.4. The van der Waals surface area contributed by atoms with Crippen LogP contribution in [0.4, 0.5) is 11.8 Å². The number of aromatic nitrogens is 5. The average Bonchev–Trinajstić information content (AvgIpc) is 3.52. The van der Waals surface area contributed by atoms with Crippen LogP contribution in [0.5, 0.6) is 0 Å². The maximum atomic E-state index is 13.6. The number of anilines is 2. The van der Waals surface area contributed by atoms with Gasteiger partial charge in [0.15, 0.2) is 0 Å². The average molecular weight is 580 g/mol. The van der Waals surface area contributed by atoms with Gasteiger partial charge in [0.25, 0.3) is 0 Å².